The molecule has 0 atom stereocenters. The highest BCUT2D eigenvalue weighted by Crippen LogP contribution is 2.39. The van der Waals surface area contributed by atoms with Gasteiger partial charge < -0.3 is 19.4 Å². The number of methoxy groups -OCH3 is 2. The fraction of sp³-hybridized carbons (Fsp3) is 0.226. The second-order valence-corrected chi connectivity index (χ2v) is 10.0. The number of aromatic nitrogens is 3. The number of ether oxygens (including phenoxy) is 2. The van der Waals surface area contributed by atoms with E-state index in [4.69, 9.17) is 26.8 Å². The SMILES string of the molecule is COc1ccc(NC(=S)c2c(-c3ccc(C)cc3)c3c4n(c(-c5ccccc5)nn24)CCCC3)cc1OC. The van der Waals surface area contributed by atoms with E-state index in [1.165, 1.54) is 11.1 Å². The molecule has 3 aromatic carbocycles. The minimum atomic E-state index is 0.610. The molecule has 0 saturated heterocycles. The maximum absolute atomic E-state index is 6.12. The second-order valence-electron chi connectivity index (χ2n) is 9.63. The first-order chi connectivity index (χ1) is 18.6. The molecule has 6 nitrogen and oxygen atoms in total. The standard InChI is InChI=1S/C31H30N4O2S/c1-20-12-14-21(15-13-20)27-24-11-7-8-18-34-29(22-9-5-4-6-10-22)33-35(31(24)34)28(27)30(38)32-23-16-17-25(36-2)26(19-23)37-3/h4-6,9-10,12-17,19H,7-8,11,18H2,1-3H3,(H,32,38). The largest absolute Gasteiger partial charge is 0.493 e. The molecule has 1 N–H and O–H groups in total. The fourth-order valence-corrected chi connectivity index (χ4v) is 5.69. The topological polar surface area (TPSA) is 52.7 Å². The van der Waals surface area contributed by atoms with Crippen molar-refractivity contribution in [2.24, 2.45) is 0 Å². The summed E-state index contributed by atoms with van der Waals surface area (Å²) in [6.07, 6.45) is 3.20. The van der Waals surface area contributed by atoms with E-state index in [-0.39, 0.29) is 0 Å². The molecule has 6 rings (SSSR count). The van der Waals surface area contributed by atoms with Crippen molar-refractivity contribution < 1.29 is 9.47 Å². The molecule has 0 fully saturated rings. The van der Waals surface area contributed by atoms with Crippen LogP contribution in [0, 0.1) is 6.92 Å². The van der Waals surface area contributed by atoms with Gasteiger partial charge >= 0.3 is 0 Å². The number of thiocarbonyl (C=S) groups is 1. The van der Waals surface area contributed by atoms with Crippen molar-refractivity contribution in [3.8, 4) is 34.0 Å². The van der Waals surface area contributed by atoms with Gasteiger partial charge in [0, 0.05) is 35.0 Å². The monoisotopic (exact) mass is 522 g/mol. The summed E-state index contributed by atoms with van der Waals surface area (Å²) >= 11 is 6.12. The summed E-state index contributed by atoms with van der Waals surface area (Å²) in [6, 6.07) is 24.8. The maximum atomic E-state index is 6.12. The summed E-state index contributed by atoms with van der Waals surface area (Å²) in [5, 5.41) is 8.66. The van der Waals surface area contributed by atoms with Gasteiger partial charge in [-0.15, -0.1) is 5.10 Å². The van der Waals surface area contributed by atoms with Crippen LogP contribution in [0.5, 0.6) is 11.5 Å². The zero-order chi connectivity index (χ0) is 26.2. The van der Waals surface area contributed by atoms with E-state index in [9.17, 15) is 0 Å². The van der Waals surface area contributed by atoms with Crippen LogP contribution in [0.15, 0.2) is 72.8 Å². The average molecular weight is 523 g/mol. The zero-order valence-corrected chi connectivity index (χ0v) is 22.6. The van der Waals surface area contributed by atoms with Crippen LogP contribution in [0.25, 0.3) is 28.2 Å². The normalized spacial score (nSPS) is 12.8. The van der Waals surface area contributed by atoms with Crippen molar-refractivity contribution in [3.05, 3.63) is 89.6 Å². The molecule has 0 amide bonds. The molecule has 1 aliphatic rings. The molecular weight excluding hydrogens is 492 g/mol. The highest BCUT2D eigenvalue weighted by atomic mass is 32.1. The summed E-state index contributed by atoms with van der Waals surface area (Å²) in [5.41, 5.74) is 8.79. The molecule has 2 aromatic heterocycles. The van der Waals surface area contributed by atoms with Gasteiger partial charge in [-0.3, -0.25) is 0 Å². The molecular formula is C31H30N4O2S. The predicted molar refractivity (Wildman–Crippen MR) is 157 cm³/mol. The Morgan fingerprint density at radius 3 is 2.39 bits per heavy atom. The summed E-state index contributed by atoms with van der Waals surface area (Å²) in [7, 11) is 3.27. The summed E-state index contributed by atoms with van der Waals surface area (Å²) in [4.78, 5) is 0.610. The lowest BCUT2D eigenvalue weighted by atomic mass is 9.97. The first-order valence-electron chi connectivity index (χ1n) is 12.9. The van der Waals surface area contributed by atoms with E-state index in [1.54, 1.807) is 14.2 Å². The van der Waals surface area contributed by atoms with Gasteiger partial charge in [-0.05, 0) is 43.9 Å². The summed E-state index contributed by atoms with van der Waals surface area (Å²) in [5.74, 6) is 2.28. The minimum absolute atomic E-state index is 0.610. The lowest BCUT2D eigenvalue weighted by Crippen LogP contribution is -2.15. The molecule has 0 bridgehead atoms. The van der Waals surface area contributed by atoms with Gasteiger partial charge in [0.05, 0.1) is 14.2 Å². The van der Waals surface area contributed by atoms with Crippen LogP contribution in [0.2, 0.25) is 0 Å². The third-order valence-electron chi connectivity index (χ3n) is 7.21. The summed E-state index contributed by atoms with van der Waals surface area (Å²) in [6.45, 7) is 3.04. The van der Waals surface area contributed by atoms with Crippen LogP contribution in [0.4, 0.5) is 5.69 Å². The maximum Gasteiger partial charge on any atom is 0.162 e. The van der Waals surface area contributed by atoms with Crippen molar-refractivity contribution >= 4 is 28.5 Å². The number of nitrogens with one attached hydrogen (secondary N) is 1. The van der Waals surface area contributed by atoms with Crippen molar-refractivity contribution in [3.63, 3.8) is 0 Å². The van der Waals surface area contributed by atoms with Gasteiger partial charge in [-0.2, -0.15) is 0 Å². The lowest BCUT2D eigenvalue weighted by Gasteiger charge is -2.14. The van der Waals surface area contributed by atoms with Crippen LogP contribution in [-0.4, -0.2) is 33.4 Å². The smallest absolute Gasteiger partial charge is 0.162 e. The van der Waals surface area contributed by atoms with Crippen molar-refractivity contribution in [1.82, 2.24) is 14.2 Å². The Labute approximate surface area is 227 Å². The third kappa shape index (κ3) is 4.13. The lowest BCUT2D eigenvalue weighted by molar-refractivity contribution is 0.355. The number of hydrogen-bond donors (Lipinski definition) is 1. The Morgan fingerprint density at radius 2 is 1.66 bits per heavy atom. The van der Waals surface area contributed by atoms with Gasteiger partial charge in [0.1, 0.15) is 16.3 Å². The first-order valence-corrected chi connectivity index (χ1v) is 13.3. The average Bonchev–Trinajstić information content (AvgIpc) is 3.37. The van der Waals surface area contributed by atoms with Gasteiger partial charge in [-0.1, -0.05) is 72.4 Å². The third-order valence-corrected chi connectivity index (χ3v) is 7.51. The quantitative estimate of drug-likeness (QED) is 0.245. The molecule has 7 heteroatoms. The van der Waals surface area contributed by atoms with Crippen LogP contribution < -0.4 is 14.8 Å². The van der Waals surface area contributed by atoms with E-state index in [1.807, 2.05) is 24.3 Å². The number of rotatable bonds is 6. The Morgan fingerprint density at radius 1 is 0.895 bits per heavy atom. The minimum Gasteiger partial charge on any atom is -0.493 e. The van der Waals surface area contributed by atoms with Gasteiger partial charge in [0.2, 0.25) is 0 Å². The van der Waals surface area contributed by atoms with E-state index in [0.717, 1.165) is 65.4 Å². The number of nitrogens with zero attached hydrogens (tertiary/aromatic N) is 3. The molecule has 0 spiro atoms. The highest BCUT2D eigenvalue weighted by molar-refractivity contribution is 7.81. The Bertz CT molecular complexity index is 1630. The molecule has 3 heterocycles. The second kappa shape index (κ2) is 9.99. The van der Waals surface area contributed by atoms with Crippen molar-refractivity contribution in [2.45, 2.75) is 32.7 Å². The van der Waals surface area contributed by atoms with E-state index in [2.05, 4.69) is 69.9 Å². The molecule has 0 unspecified atom stereocenters. The van der Waals surface area contributed by atoms with E-state index in [0.29, 0.717) is 16.5 Å². The molecule has 192 valence electrons. The number of aryl methyl sites for hydroxylation is 3. The van der Waals surface area contributed by atoms with Gasteiger partial charge in [0.25, 0.3) is 0 Å². The van der Waals surface area contributed by atoms with Crippen LogP contribution >= 0.6 is 12.2 Å². The Kier molecular flexibility index (Phi) is 6.37. The van der Waals surface area contributed by atoms with Crippen LogP contribution in [0.3, 0.4) is 0 Å². The first kappa shape index (κ1) is 24.2. The molecule has 0 saturated carbocycles. The fourth-order valence-electron chi connectivity index (χ4n) is 5.38. The summed E-state index contributed by atoms with van der Waals surface area (Å²) < 4.78 is 15.4. The Hall–Kier alpha value is -4.10. The van der Waals surface area contributed by atoms with Crippen LogP contribution in [0.1, 0.15) is 29.7 Å². The number of anilines is 1. The molecule has 5 aromatic rings. The van der Waals surface area contributed by atoms with Crippen molar-refractivity contribution in [1.29, 1.82) is 0 Å². The van der Waals surface area contributed by atoms with Crippen molar-refractivity contribution in [2.75, 3.05) is 19.5 Å². The van der Waals surface area contributed by atoms with Crippen LogP contribution in [-0.2, 0) is 13.0 Å². The number of hydrogen-bond acceptors (Lipinski definition) is 4. The van der Waals surface area contributed by atoms with E-state index >= 15 is 0 Å². The predicted octanol–water partition coefficient (Wildman–Crippen LogP) is 6.92. The van der Waals surface area contributed by atoms with Gasteiger partial charge in [0.15, 0.2) is 17.3 Å². The molecule has 1 aliphatic heterocycles. The number of benzene rings is 3. The molecule has 0 radical (unpaired) electrons. The molecule has 0 aliphatic carbocycles. The highest BCUT2D eigenvalue weighted by Gasteiger charge is 2.29. The van der Waals surface area contributed by atoms with E-state index < -0.39 is 0 Å². The Balaban J connectivity index is 1.56. The zero-order valence-electron chi connectivity index (χ0n) is 21.8. The van der Waals surface area contributed by atoms with Gasteiger partial charge in [-0.25, -0.2) is 4.52 Å². The molecule has 38 heavy (non-hydrogen) atoms.